The zero-order valence-corrected chi connectivity index (χ0v) is 16.7. The molecular weight excluding hydrogens is 364 g/mol. The largest absolute Gasteiger partial charge is 0.335 e. The van der Waals surface area contributed by atoms with Gasteiger partial charge in [-0.15, -0.1) is 0 Å². The number of imide groups is 1. The average Bonchev–Trinajstić information content (AvgIpc) is 3.23. The van der Waals surface area contributed by atoms with Crippen molar-refractivity contribution in [2.45, 2.75) is 63.6 Å². The zero-order valence-electron chi connectivity index (χ0n) is 15.9. The summed E-state index contributed by atoms with van der Waals surface area (Å²) in [5, 5.41) is 5.69. The average molecular weight is 393 g/mol. The van der Waals surface area contributed by atoms with E-state index < -0.39 is 11.9 Å². The summed E-state index contributed by atoms with van der Waals surface area (Å²) in [5.74, 6) is 1.68. The van der Waals surface area contributed by atoms with Crippen molar-refractivity contribution in [3.05, 3.63) is 22.1 Å². The molecule has 1 aromatic rings. The Labute approximate surface area is 163 Å². The van der Waals surface area contributed by atoms with Gasteiger partial charge in [-0.2, -0.15) is 0 Å². The molecule has 4 atom stereocenters. The first-order valence-electron chi connectivity index (χ1n) is 9.78. The first-order chi connectivity index (χ1) is 12.9. The Morgan fingerprint density at radius 3 is 2.85 bits per heavy atom. The highest BCUT2D eigenvalue weighted by molar-refractivity contribution is 7.99. The lowest BCUT2D eigenvalue weighted by molar-refractivity contribution is -0.117. The van der Waals surface area contributed by atoms with E-state index in [1.807, 2.05) is 13.8 Å². The number of carbonyl (C=O) groups is 2. The van der Waals surface area contributed by atoms with Gasteiger partial charge in [0.2, 0.25) is 5.91 Å². The van der Waals surface area contributed by atoms with Gasteiger partial charge in [-0.3, -0.25) is 14.9 Å². The molecule has 2 saturated carbocycles. The molecule has 2 bridgehead atoms. The highest BCUT2D eigenvalue weighted by Gasteiger charge is 2.42. The van der Waals surface area contributed by atoms with Crippen LogP contribution in [0.25, 0.3) is 0 Å². The van der Waals surface area contributed by atoms with Gasteiger partial charge in [-0.25, -0.2) is 9.78 Å². The van der Waals surface area contributed by atoms with Gasteiger partial charge < -0.3 is 10.3 Å². The predicted octanol–water partition coefficient (Wildman–Crippen LogP) is 2.46. The maximum absolute atomic E-state index is 12.1. The third-order valence-electron chi connectivity index (χ3n) is 5.67. The smallest absolute Gasteiger partial charge is 0.321 e. The quantitative estimate of drug-likeness (QED) is 0.488. The van der Waals surface area contributed by atoms with Gasteiger partial charge >= 0.3 is 6.03 Å². The molecule has 0 unspecified atom stereocenters. The molecule has 0 radical (unpaired) electrons. The summed E-state index contributed by atoms with van der Waals surface area (Å²) in [5.41, 5.74) is 0.482. The number of aromatic nitrogens is 2. The molecule has 8 heteroatoms. The van der Waals surface area contributed by atoms with Crippen molar-refractivity contribution >= 4 is 23.7 Å². The first kappa shape index (κ1) is 19.9. The van der Waals surface area contributed by atoms with Crippen LogP contribution in [0, 0.1) is 17.8 Å². The highest BCUT2D eigenvalue weighted by Crippen LogP contribution is 2.49. The van der Waals surface area contributed by atoms with E-state index in [0.717, 1.165) is 30.0 Å². The third kappa shape index (κ3) is 5.34. The molecule has 0 aliphatic heterocycles. The monoisotopic (exact) mass is 392 g/mol. The van der Waals surface area contributed by atoms with E-state index in [4.69, 9.17) is 0 Å². The van der Waals surface area contributed by atoms with E-state index in [2.05, 4.69) is 20.6 Å². The van der Waals surface area contributed by atoms with Crippen molar-refractivity contribution in [1.29, 1.82) is 0 Å². The van der Waals surface area contributed by atoms with Crippen LogP contribution in [-0.4, -0.2) is 33.7 Å². The number of hydrogen-bond donors (Lipinski definition) is 3. The van der Waals surface area contributed by atoms with Crippen LogP contribution < -0.4 is 16.2 Å². The van der Waals surface area contributed by atoms with Gasteiger partial charge in [0.05, 0.1) is 5.75 Å². The van der Waals surface area contributed by atoms with Crippen molar-refractivity contribution in [3.8, 4) is 0 Å². The summed E-state index contributed by atoms with van der Waals surface area (Å²) >= 11 is 1.12. The minimum atomic E-state index is -0.447. The summed E-state index contributed by atoms with van der Waals surface area (Å²) in [6.45, 7) is 4.04. The Morgan fingerprint density at radius 1 is 1.37 bits per heavy atom. The first-order valence-corrected chi connectivity index (χ1v) is 10.8. The number of H-pyrrole nitrogens is 1. The molecule has 2 aliphatic rings. The summed E-state index contributed by atoms with van der Waals surface area (Å²) in [6.07, 6.45) is 6.67. The van der Waals surface area contributed by atoms with Crippen LogP contribution in [0.5, 0.6) is 0 Å². The van der Waals surface area contributed by atoms with E-state index in [-0.39, 0.29) is 17.4 Å². The van der Waals surface area contributed by atoms with Gasteiger partial charge in [0, 0.05) is 17.8 Å². The number of aromatic amines is 1. The number of urea groups is 1. The minimum absolute atomic E-state index is 0.0223. The van der Waals surface area contributed by atoms with E-state index in [1.54, 1.807) is 0 Å². The lowest BCUT2D eigenvalue weighted by Crippen LogP contribution is -2.47. The second kappa shape index (κ2) is 8.91. The van der Waals surface area contributed by atoms with Crippen molar-refractivity contribution in [2.24, 2.45) is 17.8 Å². The fourth-order valence-corrected chi connectivity index (χ4v) is 5.18. The number of fused-ring (bicyclic) bond motifs is 2. The molecule has 3 N–H and O–H groups in total. The van der Waals surface area contributed by atoms with Crippen LogP contribution in [0.3, 0.4) is 0 Å². The van der Waals surface area contributed by atoms with Gasteiger partial charge in [-0.1, -0.05) is 31.5 Å². The summed E-state index contributed by atoms with van der Waals surface area (Å²) in [4.78, 5) is 42.7. The second-order valence-corrected chi connectivity index (χ2v) is 8.69. The lowest BCUT2D eigenvalue weighted by atomic mass is 9.84. The van der Waals surface area contributed by atoms with E-state index >= 15 is 0 Å². The number of nitrogens with zero attached hydrogens (tertiary/aromatic N) is 1. The maximum Gasteiger partial charge on any atom is 0.321 e. The number of hydrogen-bond acceptors (Lipinski definition) is 5. The van der Waals surface area contributed by atoms with Gasteiger partial charge in [0.15, 0.2) is 5.16 Å². The Morgan fingerprint density at radius 2 is 2.19 bits per heavy atom. The zero-order chi connectivity index (χ0) is 19.4. The van der Waals surface area contributed by atoms with Crippen LogP contribution >= 0.6 is 11.8 Å². The van der Waals surface area contributed by atoms with Crippen LogP contribution in [-0.2, 0) is 11.2 Å². The molecule has 3 amide bonds. The lowest BCUT2D eigenvalue weighted by Gasteiger charge is -2.28. The number of thioether (sulfide) groups is 1. The van der Waals surface area contributed by atoms with Crippen LogP contribution in [0.15, 0.2) is 16.0 Å². The van der Waals surface area contributed by atoms with Crippen molar-refractivity contribution < 1.29 is 9.59 Å². The highest BCUT2D eigenvalue weighted by atomic mass is 32.2. The molecule has 7 nitrogen and oxygen atoms in total. The molecule has 148 valence electrons. The molecule has 3 rings (SSSR count). The minimum Gasteiger partial charge on any atom is -0.335 e. The second-order valence-electron chi connectivity index (χ2n) is 7.73. The normalized spacial score (nSPS) is 24.6. The molecule has 2 fully saturated rings. The Bertz CT molecular complexity index is 751. The van der Waals surface area contributed by atoms with Gasteiger partial charge in [0.25, 0.3) is 5.56 Å². The van der Waals surface area contributed by atoms with E-state index in [0.29, 0.717) is 23.2 Å². The van der Waals surface area contributed by atoms with Crippen molar-refractivity contribution in [2.75, 3.05) is 5.75 Å². The van der Waals surface area contributed by atoms with Crippen LogP contribution in [0.1, 0.15) is 51.6 Å². The Hall–Kier alpha value is -1.83. The Balaban J connectivity index is 1.43. The van der Waals surface area contributed by atoms with Crippen molar-refractivity contribution in [3.63, 3.8) is 0 Å². The summed E-state index contributed by atoms with van der Waals surface area (Å²) in [7, 11) is 0. The van der Waals surface area contributed by atoms with E-state index in [9.17, 15) is 14.4 Å². The molecule has 0 saturated heterocycles. The van der Waals surface area contributed by atoms with E-state index in [1.165, 1.54) is 31.7 Å². The topological polar surface area (TPSA) is 104 Å². The summed E-state index contributed by atoms with van der Waals surface area (Å²) < 4.78 is 0. The summed E-state index contributed by atoms with van der Waals surface area (Å²) in [6, 6.07) is 1.10. The van der Waals surface area contributed by atoms with Crippen molar-refractivity contribution in [1.82, 2.24) is 20.6 Å². The maximum atomic E-state index is 12.1. The molecule has 1 heterocycles. The predicted molar refractivity (Wildman–Crippen MR) is 105 cm³/mol. The number of amides is 3. The molecule has 0 spiro atoms. The fraction of sp³-hybridized carbons (Fsp3) is 0.684. The molecular formula is C19H28N4O3S. The molecule has 0 aromatic carbocycles. The van der Waals surface area contributed by atoms with Crippen LogP contribution in [0.4, 0.5) is 4.79 Å². The standard InChI is InChI=1S/C19H28N4O3S/c1-3-4-14-9-16(24)23-19(21-14)27-10-17(25)22-18(26)20-11(2)15-8-12-5-6-13(15)7-12/h9,11-13,15H,3-8,10H2,1-2H3,(H,21,23,24)(H2,20,22,25,26)/t11-,12-,13-,15-/m1/s1. The Kier molecular flexibility index (Phi) is 6.57. The number of aryl methyl sites for hydroxylation is 1. The van der Waals surface area contributed by atoms with Crippen LogP contribution in [0.2, 0.25) is 0 Å². The van der Waals surface area contributed by atoms with Gasteiger partial charge in [-0.05, 0) is 50.4 Å². The molecule has 2 aliphatic carbocycles. The SMILES string of the molecule is CCCc1cc(=O)[nH]c(SCC(=O)NC(=O)N[C@H](C)[C@H]2C[C@@H]3CC[C@@H]2C3)n1. The molecule has 27 heavy (non-hydrogen) atoms. The number of rotatable bonds is 7. The molecule has 1 aromatic heterocycles. The number of carbonyl (C=O) groups excluding carboxylic acids is 2. The third-order valence-corrected chi connectivity index (χ3v) is 6.54. The number of nitrogens with one attached hydrogen (secondary N) is 3. The fourth-order valence-electron chi connectivity index (χ4n) is 4.49. The van der Waals surface area contributed by atoms with Gasteiger partial charge in [0.1, 0.15) is 0 Å².